The van der Waals surface area contributed by atoms with Crippen molar-refractivity contribution >= 4 is 5.97 Å². The monoisotopic (exact) mass is 349 g/mol. The third kappa shape index (κ3) is 11.0. The van der Waals surface area contributed by atoms with Crippen LogP contribution in [-0.2, 0) is 11.2 Å². The first kappa shape index (κ1) is 21.7. The summed E-state index contributed by atoms with van der Waals surface area (Å²) in [5.41, 5.74) is 0.986. The molecule has 3 N–H and O–H groups in total. The number of aliphatic hydroxyl groups excluding tert-OH is 1. The van der Waals surface area contributed by atoms with Crippen LogP contribution in [0.3, 0.4) is 0 Å². The van der Waals surface area contributed by atoms with Crippen molar-refractivity contribution in [1.82, 2.24) is 5.32 Å². The van der Waals surface area contributed by atoms with Crippen molar-refractivity contribution in [2.24, 2.45) is 0 Å². The van der Waals surface area contributed by atoms with Gasteiger partial charge in [0, 0.05) is 6.54 Å². The van der Waals surface area contributed by atoms with E-state index in [9.17, 15) is 15.0 Å². The zero-order valence-corrected chi connectivity index (χ0v) is 15.6. The maximum absolute atomic E-state index is 11.4. The Kier molecular flexibility index (Phi) is 12.0. The summed E-state index contributed by atoms with van der Waals surface area (Å²) < 4.78 is 0. The molecule has 1 aromatic rings. The summed E-state index contributed by atoms with van der Waals surface area (Å²) in [4.78, 5) is 11.4. The molecule has 0 saturated carbocycles. The Balaban J connectivity index is 2.14. The van der Waals surface area contributed by atoms with Crippen molar-refractivity contribution in [1.29, 1.82) is 0 Å². The van der Waals surface area contributed by atoms with Crippen molar-refractivity contribution < 1.29 is 15.0 Å². The minimum atomic E-state index is -0.872. The van der Waals surface area contributed by atoms with Gasteiger partial charge in [0.2, 0.25) is 0 Å². The van der Waals surface area contributed by atoms with E-state index in [0.717, 1.165) is 24.8 Å². The number of aliphatic hydroxyl groups is 1. The van der Waals surface area contributed by atoms with Gasteiger partial charge < -0.3 is 15.5 Å². The van der Waals surface area contributed by atoms with Crippen LogP contribution in [-0.4, -0.2) is 34.9 Å². The van der Waals surface area contributed by atoms with Crippen molar-refractivity contribution in [2.75, 3.05) is 6.54 Å². The molecular formula is C21H35NO3. The molecule has 142 valence electrons. The molecule has 0 amide bonds. The number of hydrogen-bond acceptors (Lipinski definition) is 3. The number of carbonyl (C=O) groups is 1. The van der Waals surface area contributed by atoms with Gasteiger partial charge in [-0.15, -0.1) is 0 Å². The summed E-state index contributed by atoms with van der Waals surface area (Å²) in [5, 5.41) is 22.4. The highest BCUT2D eigenvalue weighted by Gasteiger charge is 2.18. The molecule has 0 aliphatic rings. The van der Waals surface area contributed by atoms with Crippen LogP contribution < -0.4 is 5.32 Å². The van der Waals surface area contributed by atoms with Gasteiger partial charge in [-0.05, 0) is 18.4 Å². The first-order chi connectivity index (χ1) is 12.1. The minimum Gasteiger partial charge on any atom is -0.480 e. The van der Waals surface area contributed by atoms with Crippen LogP contribution in [0, 0.1) is 0 Å². The average molecular weight is 350 g/mol. The van der Waals surface area contributed by atoms with Crippen LogP contribution in [0.4, 0.5) is 0 Å². The molecule has 0 aliphatic carbocycles. The number of rotatable bonds is 15. The highest BCUT2D eigenvalue weighted by atomic mass is 16.4. The molecule has 2 atom stereocenters. The van der Waals surface area contributed by atoms with E-state index in [0.29, 0.717) is 13.0 Å². The fraction of sp³-hybridized carbons (Fsp3) is 0.667. The number of benzene rings is 1. The Morgan fingerprint density at radius 3 is 2.20 bits per heavy atom. The van der Waals surface area contributed by atoms with Crippen molar-refractivity contribution in [2.45, 2.75) is 83.3 Å². The highest BCUT2D eigenvalue weighted by molar-refractivity contribution is 5.73. The lowest BCUT2D eigenvalue weighted by Crippen LogP contribution is -2.42. The molecule has 4 heteroatoms. The lowest BCUT2D eigenvalue weighted by Gasteiger charge is -2.17. The van der Waals surface area contributed by atoms with E-state index in [2.05, 4.69) is 12.2 Å². The van der Waals surface area contributed by atoms with Gasteiger partial charge in [-0.1, -0.05) is 88.6 Å². The van der Waals surface area contributed by atoms with Gasteiger partial charge in [0.1, 0.15) is 6.04 Å². The summed E-state index contributed by atoms with van der Waals surface area (Å²) in [6.45, 7) is 2.56. The quantitative estimate of drug-likeness (QED) is 0.416. The van der Waals surface area contributed by atoms with Gasteiger partial charge in [0.15, 0.2) is 0 Å². The minimum absolute atomic E-state index is 0.334. The van der Waals surface area contributed by atoms with Crippen molar-refractivity contribution in [3.05, 3.63) is 35.9 Å². The standard InChI is InChI=1S/C21H35NO3/c1-2-3-4-5-6-7-8-12-15-19(23)17-22-20(21(24)25)16-18-13-10-9-11-14-18/h9-11,13-14,19-20,22-23H,2-8,12,15-17H2,1H3,(H,24,25)/t19?,20-/m1/s1. The Bertz CT molecular complexity index is 450. The zero-order valence-electron chi connectivity index (χ0n) is 15.6. The second-order valence-electron chi connectivity index (χ2n) is 6.91. The molecule has 1 aromatic carbocycles. The van der Waals surface area contributed by atoms with E-state index in [1.165, 1.54) is 38.5 Å². The first-order valence-electron chi connectivity index (χ1n) is 9.81. The van der Waals surface area contributed by atoms with E-state index in [1.807, 2.05) is 30.3 Å². The van der Waals surface area contributed by atoms with Crippen molar-refractivity contribution in [3.8, 4) is 0 Å². The fourth-order valence-corrected chi connectivity index (χ4v) is 2.99. The normalized spacial score (nSPS) is 13.5. The molecule has 0 spiro atoms. The highest BCUT2D eigenvalue weighted by Crippen LogP contribution is 2.11. The Hall–Kier alpha value is -1.39. The molecule has 0 aliphatic heterocycles. The number of hydrogen-bond donors (Lipinski definition) is 3. The molecule has 4 nitrogen and oxygen atoms in total. The summed E-state index contributed by atoms with van der Waals surface area (Å²) in [7, 11) is 0. The molecule has 25 heavy (non-hydrogen) atoms. The SMILES string of the molecule is CCCCCCCCCCC(O)CN[C@H](Cc1ccccc1)C(=O)O. The number of carboxylic acid groups (broad SMARTS) is 1. The first-order valence-corrected chi connectivity index (χ1v) is 9.81. The van der Waals surface area contributed by atoms with E-state index in [4.69, 9.17) is 0 Å². The fourth-order valence-electron chi connectivity index (χ4n) is 2.99. The van der Waals surface area contributed by atoms with Gasteiger partial charge in [-0.25, -0.2) is 0 Å². The zero-order chi connectivity index (χ0) is 18.3. The van der Waals surface area contributed by atoms with Gasteiger partial charge in [-0.2, -0.15) is 0 Å². The third-order valence-corrected chi connectivity index (χ3v) is 4.57. The van der Waals surface area contributed by atoms with Crippen LogP contribution in [0.5, 0.6) is 0 Å². The van der Waals surface area contributed by atoms with Crippen LogP contribution >= 0.6 is 0 Å². The van der Waals surface area contributed by atoms with E-state index < -0.39 is 18.1 Å². The molecule has 1 unspecified atom stereocenters. The van der Waals surface area contributed by atoms with Crippen LogP contribution in [0.2, 0.25) is 0 Å². The lowest BCUT2D eigenvalue weighted by molar-refractivity contribution is -0.139. The van der Waals surface area contributed by atoms with E-state index in [-0.39, 0.29) is 0 Å². The Labute approximate surface area is 152 Å². The molecule has 0 radical (unpaired) electrons. The number of carboxylic acids is 1. The molecule has 0 saturated heterocycles. The van der Waals surface area contributed by atoms with Gasteiger partial charge in [-0.3, -0.25) is 4.79 Å². The maximum atomic E-state index is 11.4. The number of unbranched alkanes of at least 4 members (excludes halogenated alkanes) is 7. The predicted molar refractivity (Wildman–Crippen MR) is 103 cm³/mol. The second-order valence-corrected chi connectivity index (χ2v) is 6.91. The van der Waals surface area contributed by atoms with E-state index >= 15 is 0 Å². The summed E-state index contributed by atoms with van der Waals surface area (Å²) in [5.74, 6) is -0.872. The summed E-state index contributed by atoms with van der Waals surface area (Å²) in [6.07, 6.45) is 10.6. The average Bonchev–Trinajstić information content (AvgIpc) is 2.61. The van der Waals surface area contributed by atoms with Crippen molar-refractivity contribution in [3.63, 3.8) is 0 Å². The molecule has 1 rings (SSSR count). The van der Waals surface area contributed by atoms with E-state index in [1.54, 1.807) is 0 Å². The van der Waals surface area contributed by atoms with Gasteiger partial charge in [0.25, 0.3) is 0 Å². The van der Waals surface area contributed by atoms with Crippen LogP contribution in [0.1, 0.15) is 70.3 Å². The van der Waals surface area contributed by atoms with Crippen LogP contribution in [0.15, 0.2) is 30.3 Å². The smallest absolute Gasteiger partial charge is 0.321 e. The summed E-state index contributed by atoms with van der Waals surface area (Å²) in [6, 6.07) is 8.93. The second kappa shape index (κ2) is 13.9. The number of aliphatic carboxylic acids is 1. The predicted octanol–water partition coefficient (Wildman–Crippen LogP) is 4.16. The maximum Gasteiger partial charge on any atom is 0.321 e. The molecular weight excluding hydrogens is 314 g/mol. The van der Waals surface area contributed by atoms with Gasteiger partial charge >= 0.3 is 5.97 Å². The van der Waals surface area contributed by atoms with Crippen LogP contribution in [0.25, 0.3) is 0 Å². The third-order valence-electron chi connectivity index (χ3n) is 4.57. The van der Waals surface area contributed by atoms with Gasteiger partial charge in [0.05, 0.1) is 6.10 Å². The molecule has 0 heterocycles. The molecule has 0 aromatic heterocycles. The largest absolute Gasteiger partial charge is 0.480 e. The Morgan fingerprint density at radius 1 is 1.00 bits per heavy atom. The topological polar surface area (TPSA) is 69.6 Å². The number of nitrogens with one attached hydrogen (secondary N) is 1. The molecule has 0 bridgehead atoms. The Morgan fingerprint density at radius 2 is 1.60 bits per heavy atom. The molecule has 0 fully saturated rings. The summed E-state index contributed by atoms with van der Waals surface area (Å²) >= 11 is 0. The lowest BCUT2D eigenvalue weighted by atomic mass is 10.0.